The number of benzene rings is 1. The fourth-order valence-corrected chi connectivity index (χ4v) is 5.76. The summed E-state index contributed by atoms with van der Waals surface area (Å²) in [6.07, 6.45) is 3.97. The van der Waals surface area contributed by atoms with Gasteiger partial charge in [0, 0.05) is 58.8 Å². The summed E-state index contributed by atoms with van der Waals surface area (Å²) in [6, 6.07) is 6.17. The molecule has 4 rings (SSSR count). The van der Waals surface area contributed by atoms with Crippen molar-refractivity contribution < 1.29 is 23.8 Å². The van der Waals surface area contributed by atoms with Crippen LogP contribution in [0.2, 0.25) is 0 Å². The first-order valence-electron chi connectivity index (χ1n) is 15.7. The highest BCUT2D eigenvalue weighted by Gasteiger charge is 2.37. The third kappa shape index (κ3) is 7.81. The lowest BCUT2D eigenvalue weighted by molar-refractivity contribution is -0.171. The molecule has 0 N–H and O–H groups in total. The second-order valence-corrected chi connectivity index (χ2v) is 15.2. The van der Waals surface area contributed by atoms with Crippen LogP contribution in [0.1, 0.15) is 105 Å². The lowest BCUT2D eigenvalue weighted by Gasteiger charge is -2.41. The maximum atomic E-state index is 13.8. The molecule has 44 heavy (non-hydrogen) atoms. The Morgan fingerprint density at radius 3 is 2.09 bits per heavy atom. The van der Waals surface area contributed by atoms with Gasteiger partial charge in [0.1, 0.15) is 5.60 Å². The van der Waals surface area contributed by atoms with Crippen LogP contribution in [-0.4, -0.2) is 52.0 Å². The molecular weight excluding hydrogens is 554 g/mol. The predicted octanol–water partition coefficient (Wildman–Crippen LogP) is 8.54. The van der Waals surface area contributed by atoms with Crippen LogP contribution >= 0.6 is 0 Å². The van der Waals surface area contributed by atoms with Gasteiger partial charge in [-0.1, -0.05) is 26.0 Å². The molecule has 1 unspecified atom stereocenters. The first-order chi connectivity index (χ1) is 20.2. The van der Waals surface area contributed by atoms with Crippen LogP contribution in [0.4, 0.5) is 10.5 Å². The quantitative estimate of drug-likeness (QED) is 0.260. The highest BCUT2D eigenvalue weighted by Crippen LogP contribution is 2.45. The van der Waals surface area contributed by atoms with E-state index in [4.69, 9.17) is 19.2 Å². The minimum atomic E-state index is -0.953. The van der Waals surface area contributed by atoms with Crippen molar-refractivity contribution in [3.8, 4) is 11.1 Å². The minimum absolute atomic E-state index is 0.231. The summed E-state index contributed by atoms with van der Waals surface area (Å²) in [5.41, 5.74) is 4.26. The molecule has 0 aliphatic carbocycles. The number of fused-ring (bicyclic) bond motifs is 1. The molecular formula is C36H51N3O5. The monoisotopic (exact) mass is 605 g/mol. The molecule has 8 nitrogen and oxygen atoms in total. The van der Waals surface area contributed by atoms with Crippen LogP contribution in [0.3, 0.4) is 0 Å². The molecule has 3 heterocycles. The van der Waals surface area contributed by atoms with Gasteiger partial charge in [-0.25, -0.2) is 9.59 Å². The van der Waals surface area contributed by atoms with Crippen LogP contribution in [0.15, 0.2) is 30.6 Å². The van der Waals surface area contributed by atoms with E-state index < -0.39 is 29.4 Å². The number of hydrogen-bond donors (Lipinski definition) is 0. The molecule has 1 fully saturated rings. The van der Waals surface area contributed by atoms with E-state index in [0.29, 0.717) is 0 Å². The Bertz CT molecular complexity index is 1530. The summed E-state index contributed by atoms with van der Waals surface area (Å²) in [6.45, 7) is 25.4. The molecule has 0 spiro atoms. The molecule has 8 heteroatoms. The number of aromatic nitrogens is 2. The number of pyridine rings is 1. The lowest BCUT2D eigenvalue weighted by atomic mass is 9.81. The van der Waals surface area contributed by atoms with Crippen molar-refractivity contribution in [1.82, 2.24) is 9.55 Å². The molecule has 240 valence electrons. The second kappa shape index (κ2) is 12.2. The van der Waals surface area contributed by atoms with Crippen LogP contribution in [0.5, 0.6) is 0 Å². The van der Waals surface area contributed by atoms with Crippen molar-refractivity contribution in [3.05, 3.63) is 47.5 Å². The number of ether oxygens (including phenoxy) is 3. The number of aryl methyl sites for hydroxylation is 2. The summed E-state index contributed by atoms with van der Waals surface area (Å²) in [4.78, 5) is 34.0. The molecule has 1 aromatic carbocycles. The van der Waals surface area contributed by atoms with Crippen molar-refractivity contribution in [1.29, 1.82) is 0 Å². The van der Waals surface area contributed by atoms with Gasteiger partial charge in [-0.15, -0.1) is 0 Å². The Balaban J connectivity index is 1.95. The summed E-state index contributed by atoms with van der Waals surface area (Å²) in [5, 5.41) is 1.83. The second-order valence-electron chi connectivity index (χ2n) is 15.2. The van der Waals surface area contributed by atoms with Gasteiger partial charge in [0.05, 0.1) is 17.4 Å². The molecule has 1 aliphatic rings. The van der Waals surface area contributed by atoms with Gasteiger partial charge < -0.3 is 19.1 Å². The van der Waals surface area contributed by atoms with Gasteiger partial charge in [-0.2, -0.15) is 0 Å². The number of esters is 1. The van der Waals surface area contributed by atoms with E-state index in [-0.39, 0.29) is 11.5 Å². The highest BCUT2D eigenvalue weighted by molar-refractivity contribution is 5.94. The first-order valence-corrected chi connectivity index (χ1v) is 15.7. The SMILES string of the molecule is Cc1nc(C)c(C(OC(C)(C)C)C(=O)OC(C)C)c(N2CCC(C)(C)CC2)c1-c1ccc2cn(C(=O)OC(C)(C)C)cc2c1. The Kier molecular flexibility index (Phi) is 9.28. The average molecular weight is 606 g/mol. The van der Waals surface area contributed by atoms with E-state index in [1.165, 1.54) is 4.57 Å². The van der Waals surface area contributed by atoms with Gasteiger partial charge in [0.15, 0.2) is 6.10 Å². The van der Waals surface area contributed by atoms with E-state index in [9.17, 15) is 9.59 Å². The number of rotatable bonds is 6. The Morgan fingerprint density at radius 2 is 1.52 bits per heavy atom. The number of anilines is 1. The van der Waals surface area contributed by atoms with E-state index in [0.717, 1.165) is 70.5 Å². The minimum Gasteiger partial charge on any atom is -0.461 e. The number of carbonyl (C=O) groups is 2. The maximum absolute atomic E-state index is 13.8. The topological polar surface area (TPSA) is 82.9 Å². The van der Waals surface area contributed by atoms with Crippen molar-refractivity contribution >= 4 is 28.5 Å². The third-order valence-corrected chi connectivity index (χ3v) is 7.85. The van der Waals surface area contributed by atoms with Gasteiger partial charge in [-0.05, 0) is 99.1 Å². The standard InChI is InChI=1S/C36H51N3O5/c1-22(2)42-32(40)31(43-34(5,6)7)29-24(4)37-23(3)28(30(29)38-17-15-36(11,12)16-18-38)25-13-14-26-20-39(21-27(26)19-25)33(41)44-35(8,9)10/h13-14,19-22,31H,15-18H2,1-12H3. The smallest absolute Gasteiger partial charge is 0.418 e. The number of hydrogen-bond acceptors (Lipinski definition) is 7. The van der Waals surface area contributed by atoms with Gasteiger partial charge >= 0.3 is 12.1 Å². The zero-order valence-electron chi connectivity index (χ0n) is 28.8. The van der Waals surface area contributed by atoms with Gasteiger partial charge in [0.25, 0.3) is 0 Å². The normalized spacial score (nSPS) is 16.3. The zero-order chi connectivity index (χ0) is 32.8. The van der Waals surface area contributed by atoms with E-state index in [1.807, 2.05) is 75.3 Å². The summed E-state index contributed by atoms with van der Waals surface area (Å²) in [7, 11) is 0. The molecule has 1 saturated heterocycles. The van der Waals surface area contributed by atoms with Crippen molar-refractivity contribution in [2.75, 3.05) is 18.0 Å². The Labute approximate surface area is 263 Å². The maximum Gasteiger partial charge on any atom is 0.418 e. The van der Waals surface area contributed by atoms with Gasteiger partial charge in [0.2, 0.25) is 0 Å². The molecule has 1 atom stereocenters. The summed E-state index contributed by atoms with van der Waals surface area (Å²) in [5.74, 6) is -0.418. The highest BCUT2D eigenvalue weighted by atomic mass is 16.6. The van der Waals surface area contributed by atoms with E-state index in [2.05, 4.69) is 30.9 Å². The molecule has 2 aromatic heterocycles. The predicted molar refractivity (Wildman–Crippen MR) is 176 cm³/mol. The Morgan fingerprint density at radius 1 is 0.909 bits per heavy atom. The van der Waals surface area contributed by atoms with Crippen LogP contribution in [0, 0.1) is 19.3 Å². The molecule has 0 amide bonds. The molecule has 1 aliphatic heterocycles. The number of nitrogens with zero attached hydrogens (tertiary/aromatic N) is 3. The van der Waals surface area contributed by atoms with Crippen LogP contribution in [-0.2, 0) is 19.0 Å². The average Bonchev–Trinajstić information content (AvgIpc) is 3.29. The molecule has 0 radical (unpaired) electrons. The fourth-order valence-electron chi connectivity index (χ4n) is 5.76. The first kappa shape index (κ1) is 33.5. The molecule has 3 aromatic rings. The fraction of sp³-hybridized carbons (Fsp3) is 0.583. The Hall–Kier alpha value is -3.39. The summed E-state index contributed by atoms with van der Waals surface area (Å²) >= 11 is 0. The van der Waals surface area contributed by atoms with Crippen molar-refractivity contribution in [2.45, 2.75) is 119 Å². The third-order valence-electron chi connectivity index (χ3n) is 7.85. The van der Waals surface area contributed by atoms with E-state index >= 15 is 0 Å². The largest absolute Gasteiger partial charge is 0.461 e. The van der Waals surface area contributed by atoms with Crippen LogP contribution in [0.25, 0.3) is 21.9 Å². The van der Waals surface area contributed by atoms with Crippen molar-refractivity contribution in [3.63, 3.8) is 0 Å². The summed E-state index contributed by atoms with van der Waals surface area (Å²) < 4.78 is 19.4. The van der Waals surface area contributed by atoms with E-state index in [1.54, 1.807) is 12.4 Å². The van der Waals surface area contributed by atoms with Crippen molar-refractivity contribution in [2.24, 2.45) is 5.41 Å². The van der Waals surface area contributed by atoms with Gasteiger partial charge in [-0.3, -0.25) is 9.55 Å². The molecule has 0 saturated carbocycles. The van der Waals surface area contributed by atoms with Crippen LogP contribution < -0.4 is 4.90 Å². The zero-order valence-corrected chi connectivity index (χ0v) is 28.8. The number of piperidine rings is 1. The molecule has 0 bridgehead atoms. The lowest BCUT2D eigenvalue weighted by Crippen LogP contribution is -2.39. The number of carbonyl (C=O) groups excluding carboxylic acids is 2.